The lowest BCUT2D eigenvalue weighted by Crippen LogP contribution is -2.02. The highest BCUT2D eigenvalue weighted by Crippen LogP contribution is 2.29. The fourth-order valence-electron chi connectivity index (χ4n) is 4.26. The summed E-state index contributed by atoms with van der Waals surface area (Å²) in [5, 5.41) is 1.06. The SMILES string of the molecule is Cc1nc(-c2ccccc2)nc2c1cc(Cc1ccccc1)c1nc3ccccc3n12. The number of rotatable bonds is 3. The van der Waals surface area contributed by atoms with Crippen LogP contribution in [0.3, 0.4) is 0 Å². The molecule has 3 aromatic heterocycles. The van der Waals surface area contributed by atoms with E-state index in [-0.39, 0.29) is 0 Å². The van der Waals surface area contributed by atoms with Gasteiger partial charge in [0.15, 0.2) is 11.5 Å². The zero-order valence-corrected chi connectivity index (χ0v) is 17.2. The van der Waals surface area contributed by atoms with Gasteiger partial charge in [-0.3, -0.25) is 4.40 Å². The predicted octanol–water partition coefficient (Wildman–Crippen LogP) is 6.00. The van der Waals surface area contributed by atoms with Crippen molar-refractivity contribution in [2.75, 3.05) is 0 Å². The Labute approximate surface area is 179 Å². The summed E-state index contributed by atoms with van der Waals surface area (Å²) in [6.45, 7) is 2.06. The molecule has 3 aromatic carbocycles. The average Bonchev–Trinajstić information content (AvgIpc) is 3.21. The van der Waals surface area contributed by atoms with E-state index >= 15 is 0 Å². The van der Waals surface area contributed by atoms with Crippen LogP contribution in [0.25, 0.3) is 39.1 Å². The molecule has 4 nitrogen and oxygen atoms in total. The van der Waals surface area contributed by atoms with Gasteiger partial charge in [-0.2, -0.15) is 0 Å². The molecular formula is C27H20N4. The van der Waals surface area contributed by atoms with E-state index in [9.17, 15) is 0 Å². The van der Waals surface area contributed by atoms with Crippen molar-refractivity contribution >= 4 is 27.7 Å². The molecule has 148 valence electrons. The summed E-state index contributed by atoms with van der Waals surface area (Å²) in [4.78, 5) is 14.9. The van der Waals surface area contributed by atoms with Gasteiger partial charge in [-0.05, 0) is 30.7 Å². The molecule has 0 bridgehead atoms. The first-order chi connectivity index (χ1) is 15.3. The molecule has 0 saturated heterocycles. The third-order valence-electron chi connectivity index (χ3n) is 5.76. The fraction of sp³-hybridized carbons (Fsp3) is 0.0741. The molecule has 3 heterocycles. The van der Waals surface area contributed by atoms with Crippen LogP contribution in [0.4, 0.5) is 0 Å². The zero-order valence-electron chi connectivity index (χ0n) is 17.2. The molecule has 0 aliphatic heterocycles. The number of benzene rings is 3. The van der Waals surface area contributed by atoms with Crippen molar-refractivity contribution in [3.63, 3.8) is 0 Å². The highest BCUT2D eigenvalue weighted by Gasteiger charge is 2.17. The Morgan fingerprint density at radius 3 is 2.23 bits per heavy atom. The number of hydrogen-bond donors (Lipinski definition) is 0. The van der Waals surface area contributed by atoms with Gasteiger partial charge in [0.05, 0.1) is 16.7 Å². The summed E-state index contributed by atoms with van der Waals surface area (Å²) in [5.41, 5.74) is 8.30. The van der Waals surface area contributed by atoms with Crippen molar-refractivity contribution in [2.24, 2.45) is 0 Å². The zero-order chi connectivity index (χ0) is 20.8. The van der Waals surface area contributed by atoms with Crippen LogP contribution in [0.15, 0.2) is 91.0 Å². The number of imidazole rings is 1. The van der Waals surface area contributed by atoms with Crippen LogP contribution in [-0.4, -0.2) is 19.4 Å². The average molecular weight is 400 g/mol. The number of hydrogen-bond acceptors (Lipinski definition) is 3. The van der Waals surface area contributed by atoms with E-state index in [1.165, 1.54) is 11.1 Å². The number of fused-ring (bicyclic) bond motifs is 5. The minimum atomic E-state index is 0.737. The molecule has 0 fully saturated rings. The number of para-hydroxylation sites is 2. The first-order valence-electron chi connectivity index (χ1n) is 10.4. The van der Waals surface area contributed by atoms with Crippen molar-refractivity contribution < 1.29 is 0 Å². The number of nitrogens with zero attached hydrogens (tertiary/aromatic N) is 4. The normalized spacial score (nSPS) is 11.5. The first-order valence-corrected chi connectivity index (χ1v) is 10.4. The van der Waals surface area contributed by atoms with Crippen LogP contribution < -0.4 is 0 Å². The van der Waals surface area contributed by atoms with E-state index in [1.807, 2.05) is 42.5 Å². The Hall–Kier alpha value is -4.05. The molecular weight excluding hydrogens is 380 g/mol. The van der Waals surface area contributed by atoms with Gasteiger partial charge in [-0.25, -0.2) is 15.0 Å². The topological polar surface area (TPSA) is 43.1 Å². The third kappa shape index (κ3) is 2.96. The lowest BCUT2D eigenvalue weighted by molar-refractivity contribution is 1.09. The fourth-order valence-corrected chi connectivity index (χ4v) is 4.26. The second kappa shape index (κ2) is 7.03. The summed E-state index contributed by atoms with van der Waals surface area (Å²) in [5.74, 6) is 0.737. The quantitative estimate of drug-likeness (QED) is 0.366. The van der Waals surface area contributed by atoms with Crippen LogP contribution in [0.1, 0.15) is 16.8 Å². The number of pyridine rings is 1. The van der Waals surface area contributed by atoms with Crippen molar-refractivity contribution in [1.82, 2.24) is 19.4 Å². The van der Waals surface area contributed by atoms with Gasteiger partial charge in [-0.15, -0.1) is 0 Å². The van der Waals surface area contributed by atoms with E-state index in [0.717, 1.165) is 51.2 Å². The Morgan fingerprint density at radius 2 is 1.42 bits per heavy atom. The monoisotopic (exact) mass is 400 g/mol. The molecule has 31 heavy (non-hydrogen) atoms. The second-order valence-electron chi connectivity index (χ2n) is 7.83. The maximum atomic E-state index is 5.02. The summed E-state index contributed by atoms with van der Waals surface area (Å²) >= 11 is 0. The molecule has 0 amide bonds. The molecule has 4 heteroatoms. The Morgan fingerprint density at radius 1 is 0.710 bits per heavy atom. The first kappa shape index (κ1) is 17.8. The molecule has 0 aliphatic carbocycles. The highest BCUT2D eigenvalue weighted by atomic mass is 15.1. The molecule has 0 atom stereocenters. The standard InChI is InChI=1S/C27H20N4/c1-18-22-17-21(16-19-10-4-2-5-11-19)26-29-23-14-8-9-15-24(23)31(26)27(22)30-25(28-18)20-12-6-3-7-13-20/h2-15,17H,16H2,1H3. The smallest absolute Gasteiger partial charge is 0.161 e. The Balaban J connectivity index is 1.70. The van der Waals surface area contributed by atoms with Crippen LogP contribution >= 0.6 is 0 Å². The van der Waals surface area contributed by atoms with Crippen molar-refractivity contribution in [2.45, 2.75) is 13.3 Å². The van der Waals surface area contributed by atoms with Crippen LogP contribution in [0.5, 0.6) is 0 Å². The minimum Gasteiger partial charge on any atom is -0.276 e. The lowest BCUT2D eigenvalue weighted by Gasteiger charge is -2.12. The maximum absolute atomic E-state index is 5.02. The van der Waals surface area contributed by atoms with E-state index in [1.54, 1.807) is 0 Å². The molecule has 0 unspecified atom stereocenters. The molecule has 0 aliphatic rings. The summed E-state index contributed by atoms with van der Waals surface area (Å²) < 4.78 is 2.20. The minimum absolute atomic E-state index is 0.737. The third-order valence-corrected chi connectivity index (χ3v) is 5.76. The number of aromatic nitrogens is 4. The van der Waals surface area contributed by atoms with Gasteiger partial charge in [0.2, 0.25) is 0 Å². The van der Waals surface area contributed by atoms with E-state index in [0.29, 0.717) is 0 Å². The van der Waals surface area contributed by atoms with Crippen molar-refractivity contribution in [3.8, 4) is 11.4 Å². The van der Waals surface area contributed by atoms with E-state index in [2.05, 4.69) is 59.9 Å². The lowest BCUT2D eigenvalue weighted by atomic mass is 10.0. The molecule has 6 aromatic rings. The van der Waals surface area contributed by atoms with Crippen molar-refractivity contribution in [3.05, 3.63) is 108 Å². The van der Waals surface area contributed by atoms with E-state index < -0.39 is 0 Å². The van der Waals surface area contributed by atoms with Gasteiger partial charge in [0.25, 0.3) is 0 Å². The van der Waals surface area contributed by atoms with Gasteiger partial charge >= 0.3 is 0 Å². The molecule has 0 saturated carbocycles. The predicted molar refractivity (Wildman–Crippen MR) is 125 cm³/mol. The highest BCUT2D eigenvalue weighted by molar-refractivity contribution is 5.91. The van der Waals surface area contributed by atoms with Crippen molar-refractivity contribution in [1.29, 1.82) is 0 Å². The number of aryl methyl sites for hydroxylation is 1. The molecule has 0 N–H and O–H groups in total. The summed E-state index contributed by atoms with van der Waals surface area (Å²) in [6, 6.07) is 31.1. The van der Waals surface area contributed by atoms with E-state index in [4.69, 9.17) is 15.0 Å². The van der Waals surface area contributed by atoms with Gasteiger partial charge in [0.1, 0.15) is 5.65 Å². The Bertz CT molecular complexity index is 1550. The Kier molecular flexibility index (Phi) is 4.03. The van der Waals surface area contributed by atoms with Gasteiger partial charge < -0.3 is 0 Å². The largest absolute Gasteiger partial charge is 0.276 e. The van der Waals surface area contributed by atoms with Gasteiger partial charge in [-0.1, -0.05) is 72.8 Å². The summed E-state index contributed by atoms with van der Waals surface area (Å²) in [7, 11) is 0. The van der Waals surface area contributed by atoms with Gasteiger partial charge in [0, 0.05) is 22.9 Å². The summed E-state index contributed by atoms with van der Waals surface area (Å²) in [6.07, 6.45) is 0.809. The van der Waals surface area contributed by atoms with Crippen LogP contribution in [0.2, 0.25) is 0 Å². The van der Waals surface area contributed by atoms with Crippen LogP contribution in [0, 0.1) is 6.92 Å². The molecule has 0 spiro atoms. The maximum Gasteiger partial charge on any atom is 0.161 e. The molecule has 0 radical (unpaired) electrons. The molecule has 6 rings (SSSR count). The van der Waals surface area contributed by atoms with Crippen LogP contribution in [-0.2, 0) is 6.42 Å². The second-order valence-corrected chi connectivity index (χ2v) is 7.83.